The van der Waals surface area contributed by atoms with Gasteiger partial charge in [0.1, 0.15) is 10.5 Å². The third kappa shape index (κ3) is 1.62. The number of thiophene rings is 1. The summed E-state index contributed by atoms with van der Waals surface area (Å²) in [7, 11) is -3.43. The zero-order chi connectivity index (χ0) is 10.2. The molecule has 0 fully saturated rings. The first-order chi connectivity index (χ1) is 6.60. The summed E-state index contributed by atoms with van der Waals surface area (Å²) in [6.45, 7) is 0. The molecule has 0 aliphatic heterocycles. The molecule has 0 N–H and O–H groups in total. The number of nitrogens with zero attached hydrogens (tertiary/aromatic N) is 2. The van der Waals surface area contributed by atoms with E-state index in [0.717, 1.165) is 7.76 Å². The van der Waals surface area contributed by atoms with Crippen molar-refractivity contribution in [2.45, 2.75) is 4.21 Å². The van der Waals surface area contributed by atoms with Crippen molar-refractivity contribution in [3.05, 3.63) is 34.6 Å². The Morgan fingerprint density at radius 3 is 2.71 bits per heavy atom. The van der Waals surface area contributed by atoms with Gasteiger partial charge in [-0.05, 0) is 28.1 Å². The van der Waals surface area contributed by atoms with Gasteiger partial charge in [-0.3, -0.25) is 0 Å². The minimum atomic E-state index is -3.43. The summed E-state index contributed by atoms with van der Waals surface area (Å²) in [5, 5.41) is 0. The molecule has 2 aromatic rings. The Bertz CT molecular complexity index is 530. The average molecular weight is 293 g/mol. The fourth-order valence-corrected chi connectivity index (χ4v) is 4.16. The summed E-state index contributed by atoms with van der Waals surface area (Å²) in [4.78, 5) is 3.70. The molecule has 2 aromatic heterocycles. The standard InChI is InChI=1S/C7H5BrN2O2S2/c8-6-1-2-7(13-6)14(11,12)10-4-3-9-5-10/h1-5H. The lowest BCUT2D eigenvalue weighted by Crippen LogP contribution is -2.08. The van der Waals surface area contributed by atoms with E-state index in [2.05, 4.69) is 20.9 Å². The molecule has 7 heteroatoms. The maximum atomic E-state index is 11.8. The number of hydrogen-bond acceptors (Lipinski definition) is 4. The second-order valence-electron chi connectivity index (χ2n) is 2.46. The predicted molar refractivity (Wildman–Crippen MR) is 56.8 cm³/mol. The maximum Gasteiger partial charge on any atom is 0.278 e. The third-order valence-electron chi connectivity index (χ3n) is 1.56. The lowest BCUT2D eigenvalue weighted by molar-refractivity contribution is 0.589. The Balaban J connectivity index is 2.54. The first-order valence-electron chi connectivity index (χ1n) is 3.59. The van der Waals surface area contributed by atoms with Gasteiger partial charge in [0.25, 0.3) is 10.0 Å². The van der Waals surface area contributed by atoms with Crippen LogP contribution in [0.5, 0.6) is 0 Å². The molecule has 2 heterocycles. The number of hydrogen-bond donors (Lipinski definition) is 0. The predicted octanol–water partition coefficient (Wildman–Crippen LogP) is 1.94. The van der Waals surface area contributed by atoms with Crippen LogP contribution in [0.15, 0.2) is 38.8 Å². The van der Waals surface area contributed by atoms with E-state index in [9.17, 15) is 8.42 Å². The van der Waals surface area contributed by atoms with Crippen molar-refractivity contribution < 1.29 is 8.42 Å². The molecule has 74 valence electrons. The minimum absolute atomic E-state index is 0.294. The van der Waals surface area contributed by atoms with Gasteiger partial charge in [0.2, 0.25) is 0 Å². The molecular weight excluding hydrogens is 288 g/mol. The van der Waals surface area contributed by atoms with E-state index in [1.54, 1.807) is 12.1 Å². The second-order valence-corrected chi connectivity index (χ2v) is 6.99. The van der Waals surface area contributed by atoms with Gasteiger partial charge >= 0.3 is 0 Å². The minimum Gasteiger partial charge on any atom is -0.244 e. The van der Waals surface area contributed by atoms with Gasteiger partial charge in [-0.2, -0.15) is 8.42 Å². The summed E-state index contributed by atoms with van der Waals surface area (Å²) in [5.74, 6) is 0. The quantitative estimate of drug-likeness (QED) is 0.850. The van der Waals surface area contributed by atoms with E-state index in [1.807, 2.05) is 0 Å². The van der Waals surface area contributed by atoms with Crippen LogP contribution in [-0.4, -0.2) is 17.4 Å². The molecule has 0 aromatic carbocycles. The molecule has 0 radical (unpaired) electrons. The molecule has 0 amide bonds. The van der Waals surface area contributed by atoms with Crippen molar-refractivity contribution in [2.75, 3.05) is 0 Å². The number of halogens is 1. The molecule has 0 aliphatic rings. The Kier molecular flexibility index (Phi) is 2.46. The Labute approximate surface area is 93.4 Å². The molecule has 0 aliphatic carbocycles. The highest BCUT2D eigenvalue weighted by atomic mass is 79.9. The van der Waals surface area contributed by atoms with E-state index in [1.165, 1.54) is 30.1 Å². The van der Waals surface area contributed by atoms with Crippen LogP contribution < -0.4 is 0 Å². The van der Waals surface area contributed by atoms with Gasteiger partial charge in [-0.1, -0.05) is 0 Å². The van der Waals surface area contributed by atoms with Crippen molar-refractivity contribution in [1.82, 2.24) is 8.96 Å². The van der Waals surface area contributed by atoms with Crippen molar-refractivity contribution in [2.24, 2.45) is 0 Å². The van der Waals surface area contributed by atoms with E-state index >= 15 is 0 Å². The average Bonchev–Trinajstić information content (AvgIpc) is 2.72. The molecule has 0 spiro atoms. The number of imidazole rings is 1. The van der Waals surface area contributed by atoms with Gasteiger partial charge in [0.15, 0.2) is 0 Å². The van der Waals surface area contributed by atoms with Crippen LogP contribution in [0.25, 0.3) is 0 Å². The Hall–Kier alpha value is -0.660. The van der Waals surface area contributed by atoms with Crippen LogP contribution in [0.1, 0.15) is 0 Å². The number of rotatable bonds is 2. The van der Waals surface area contributed by atoms with Crippen LogP contribution in [0.3, 0.4) is 0 Å². The van der Waals surface area contributed by atoms with Crippen molar-refractivity contribution in [1.29, 1.82) is 0 Å². The highest BCUT2D eigenvalue weighted by molar-refractivity contribution is 9.11. The second kappa shape index (κ2) is 3.48. The SMILES string of the molecule is O=S(=O)(c1ccc(Br)s1)n1ccnc1. The number of aromatic nitrogens is 2. The Morgan fingerprint density at radius 1 is 1.43 bits per heavy atom. The van der Waals surface area contributed by atoms with Crippen LogP contribution in [-0.2, 0) is 10.0 Å². The highest BCUT2D eigenvalue weighted by Crippen LogP contribution is 2.27. The first kappa shape index (κ1) is 9.88. The summed E-state index contributed by atoms with van der Waals surface area (Å²) >= 11 is 4.39. The van der Waals surface area contributed by atoms with Gasteiger partial charge < -0.3 is 0 Å². The maximum absolute atomic E-state index is 11.8. The summed E-state index contributed by atoms with van der Waals surface area (Å²) in [6.07, 6.45) is 4.10. The van der Waals surface area contributed by atoms with Crippen LogP contribution in [0, 0.1) is 0 Å². The van der Waals surface area contributed by atoms with Gasteiger partial charge in [-0.15, -0.1) is 11.3 Å². The van der Waals surface area contributed by atoms with Crippen molar-refractivity contribution in [3.8, 4) is 0 Å². The molecule has 0 atom stereocenters. The molecule has 2 rings (SSSR count). The largest absolute Gasteiger partial charge is 0.278 e. The summed E-state index contributed by atoms with van der Waals surface area (Å²) in [6, 6.07) is 3.26. The van der Waals surface area contributed by atoms with Crippen LogP contribution in [0.2, 0.25) is 0 Å². The summed E-state index contributed by atoms with van der Waals surface area (Å²) < 4.78 is 25.8. The molecule has 0 saturated heterocycles. The van der Waals surface area contributed by atoms with Crippen LogP contribution >= 0.6 is 27.3 Å². The third-order valence-corrected chi connectivity index (χ3v) is 5.28. The molecule has 0 unspecified atom stereocenters. The van der Waals surface area contributed by atoms with E-state index in [-0.39, 0.29) is 0 Å². The van der Waals surface area contributed by atoms with E-state index in [4.69, 9.17) is 0 Å². The molecule has 14 heavy (non-hydrogen) atoms. The molecule has 0 bridgehead atoms. The molecular formula is C7H5BrN2O2S2. The van der Waals surface area contributed by atoms with Crippen molar-refractivity contribution in [3.63, 3.8) is 0 Å². The fourth-order valence-electron chi connectivity index (χ4n) is 0.929. The van der Waals surface area contributed by atoms with Crippen LogP contribution in [0.4, 0.5) is 0 Å². The Morgan fingerprint density at radius 2 is 2.21 bits per heavy atom. The van der Waals surface area contributed by atoms with Gasteiger partial charge in [-0.25, -0.2) is 8.96 Å². The van der Waals surface area contributed by atoms with Gasteiger partial charge in [0, 0.05) is 12.4 Å². The topological polar surface area (TPSA) is 52.0 Å². The smallest absolute Gasteiger partial charge is 0.244 e. The summed E-state index contributed by atoms with van der Waals surface area (Å²) in [5.41, 5.74) is 0. The lowest BCUT2D eigenvalue weighted by atomic mass is 10.7. The van der Waals surface area contributed by atoms with Gasteiger partial charge in [0.05, 0.1) is 3.79 Å². The first-order valence-corrected chi connectivity index (χ1v) is 6.64. The van der Waals surface area contributed by atoms with E-state index in [0.29, 0.717) is 4.21 Å². The lowest BCUT2D eigenvalue weighted by Gasteiger charge is -1.99. The highest BCUT2D eigenvalue weighted by Gasteiger charge is 2.17. The normalized spacial score (nSPS) is 11.8. The molecule has 4 nitrogen and oxygen atoms in total. The zero-order valence-electron chi connectivity index (χ0n) is 6.79. The monoisotopic (exact) mass is 292 g/mol. The zero-order valence-corrected chi connectivity index (χ0v) is 10.0. The molecule has 0 saturated carbocycles. The van der Waals surface area contributed by atoms with Crippen molar-refractivity contribution >= 4 is 37.3 Å². The fraction of sp³-hybridized carbons (Fsp3) is 0. The van der Waals surface area contributed by atoms with E-state index < -0.39 is 10.0 Å².